The Morgan fingerprint density at radius 1 is 1.38 bits per heavy atom. The lowest BCUT2D eigenvalue weighted by Gasteiger charge is -2.54. The molecule has 3 rings (SSSR count). The van der Waals surface area contributed by atoms with Crippen molar-refractivity contribution in [3.05, 3.63) is 47.8 Å². The summed E-state index contributed by atoms with van der Waals surface area (Å²) in [5.41, 5.74) is 3.60. The summed E-state index contributed by atoms with van der Waals surface area (Å²) >= 11 is 0. The number of cyclic esters (lactones) is 1. The van der Waals surface area contributed by atoms with E-state index in [1.54, 1.807) is 0 Å². The fraction of sp³-hybridized carbons (Fsp3) is 0.654. The highest BCUT2D eigenvalue weighted by molar-refractivity contribution is 5.88. The summed E-state index contributed by atoms with van der Waals surface area (Å²) in [6.07, 6.45) is 12.1. The summed E-state index contributed by atoms with van der Waals surface area (Å²) < 4.78 is 5.04. The molecule has 5 atom stereocenters. The molecule has 0 saturated heterocycles. The number of aliphatic hydroxyl groups excluding tert-OH is 1. The van der Waals surface area contributed by atoms with Gasteiger partial charge in [0.2, 0.25) is 0 Å². The van der Waals surface area contributed by atoms with Gasteiger partial charge in [0.25, 0.3) is 0 Å². The monoisotopic (exact) mass is 398 g/mol. The summed E-state index contributed by atoms with van der Waals surface area (Å²) in [7, 11) is 0. The van der Waals surface area contributed by atoms with E-state index in [1.165, 1.54) is 49.3 Å². The van der Waals surface area contributed by atoms with E-state index in [4.69, 9.17) is 4.74 Å². The zero-order chi connectivity index (χ0) is 21.4. The van der Waals surface area contributed by atoms with Crippen molar-refractivity contribution in [2.45, 2.75) is 85.2 Å². The van der Waals surface area contributed by atoms with E-state index in [1.807, 2.05) is 0 Å². The molecule has 0 spiro atoms. The van der Waals surface area contributed by atoms with Crippen LogP contribution in [0.15, 0.2) is 47.8 Å². The third-order valence-electron chi connectivity index (χ3n) is 8.08. The first-order valence-electron chi connectivity index (χ1n) is 11.2. The third-order valence-corrected chi connectivity index (χ3v) is 8.08. The average Bonchev–Trinajstić information content (AvgIpc) is 2.97. The second kappa shape index (κ2) is 8.26. The SMILES string of the molecule is C=C(C)CCC[C@@]1(C)CCC=C2[C@@H]1CC[C@@H](C)[C@]2(C)C[C@@H](O)C1=CC(=O)OC1=C. The summed E-state index contributed by atoms with van der Waals surface area (Å²) in [5.74, 6) is 0.942. The number of allylic oxidation sites excluding steroid dienone is 3. The maximum Gasteiger partial charge on any atom is 0.336 e. The fourth-order valence-corrected chi connectivity index (χ4v) is 6.03. The molecule has 1 heterocycles. The Morgan fingerprint density at radius 3 is 2.72 bits per heavy atom. The van der Waals surface area contributed by atoms with Gasteiger partial charge in [-0.05, 0) is 81.0 Å². The first kappa shape index (κ1) is 22.1. The van der Waals surface area contributed by atoms with Gasteiger partial charge in [0, 0.05) is 11.6 Å². The molecule has 0 radical (unpaired) electrons. The van der Waals surface area contributed by atoms with E-state index in [2.05, 4.69) is 46.9 Å². The third kappa shape index (κ3) is 4.30. The fourth-order valence-electron chi connectivity index (χ4n) is 6.03. The van der Waals surface area contributed by atoms with Crippen molar-refractivity contribution in [2.75, 3.05) is 0 Å². The molecule has 0 aromatic rings. The quantitative estimate of drug-likeness (QED) is 0.407. The largest absolute Gasteiger partial charge is 0.424 e. The van der Waals surface area contributed by atoms with Gasteiger partial charge in [-0.25, -0.2) is 4.79 Å². The lowest BCUT2D eigenvalue weighted by Crippen LogP contribution is -2.45. The molecule has 29 heavy (non-hydrogen) atoms. The molecule has 0 unspecified atom stereocenters. The van der Waals surface area contributed by atoms with Crippen molar-refractivity contribution in [1.82, 2.24) is 0 Å². The van der Waals surface area contributed by atoms with Crippen molar-refractivity contribution in [2.24, 2.45) is 22.7 Å². The van der Waals surface area contributed by atoms with Crippen molar-refractivity contribution in [3.8, 4) is 0 Å². The van der Waals surface area contributed by atoms with E-state index in [-0.39, 0.29) is 5.41 Å². The van der Waals surface area contributed by atoms with Gasteiger partial charge in [-0.15, -0.1) is 6.58 Å². The molecule has 1 saturated carbocycles. The number of aliphatic hydroxyl groups is 1. The highest BCUT2D eigenvalue weighted by Crippen LogP contribution is 2.59. The van der Waals surface area contributed by atoms with Gasteiger partial charge in [-0.2, -0.15) is 0 Å². The Bertz CT molecular complexity index is 758. The number of fused-ring (bicyclic) bond motifs is 1. The number of carbonyl (C=O) groups excluding carboxylic acids is 1. The molecule has 0 aromatic carbocycles. The number of hydrogen-bond acceptors (Lipinski definition) is 3. The first-order valence-corrected chi connectivity index (χ1v) is 11.2. The topological polar surface area (TPSA) is 46.5 Å². The molecule has 3 nitrogen and oxygen atoms in total. The first-order chi connectivity index (χ1) is 13.6. The van der Waals surface area contributed by atoms with Gasteiger partial charge in [0.1, 0.15) is 5.76 Å². The van der Waals surface area contributed by atoms with E-state index >= 15 is 0 Å². The second-order valence-electron chi connectivity index (χ2n) is 10.3. The number of hydrogen-bond donors (Lipinski definition) is 1. The van der Waals surface area contributed by atoms with E-state index < -0.39 is 12.1 Å². The molecule has 0 aromatic heterocycles. The molecule has 0 bridgehead atoms. The molecular formula is C26H38O3. The molecular weight excluding hydrogens is 360 g/mol. The number of rotatable bonds is 7. The Balaban J connectivity index is 1.82. The smallest absolute Gasteiger partial charge is 0.336 e. The molecule has 3 aliphatic rings. The van der Waals surface area contributed by atoms with Crippen LogP contribution in [0.2, 0.25) is 0 Å². The molecule has 1 aliphatic heterocycles. The van der Waals surface area contributed by atoms with Crippen LogP contribution < -0.4 is 0 Å². The Kier molecular flexibility index (Phi) is 6.29. The minimum absolute atomic E-state index is 0.0782. The average molecular weight is 399 g/mol. The van der Waals surface area contributed by atoms with Gasteiger partial charge < -0.3 is 9.84 Å². The Hall–Kier alpha value is -1.61. The van der Waals surface area contributed by atoms with Crippen LogP contribution in [0.4, 0.5) is 0 Å². The number of carbonyl (C=O) groups is 1. The minimum atomic E-state index is -0.724. The van der Waals surface area contributed by atoms with Crippen molar-refractivity contribution >= 4 is 5.97 Å². The molecule has 1 N–H and O–H groups in total. The second-order valence-corrected chi connectivity index (χ2v) is 10.3. The van der Waals surface area contributed by atoms with Gasteiger partial charge in [0.05, 0.1) is 6.10 Å². The van der Waals surface area contributed by atoms with Crippen LogP contribution in [0.25, 0.3) is 0 Å². The maximum atomic E-state index is 11.6. The van der Waals surface area contributed by atoms with E-state index in [0.29, 0.717) is 35.0 Å². The Morgan fingerprint density at radius 2 is 2.10 bits per heavy atom. The van der Waals surface area contributed by atoms with Gasteiger partial charge in [-0.3, -0.25) is 0 Å². The van der Waals surface area contributed by atoms with Crippen molar-refractivity contribution in [3.63, 3.8) is 0 Å². The minimum Gasteiger partial charge on any atom is -0.424 e. The van der Waals surface area contributed by atoms with Crippen molar-refractivity contribution < 1.29 is 14.6 Å². The van der Waals surface area contributed by atoms with Crippen LogP contribution in [0, 0.1) is 22.7 Å². The number of esters is 1. The summed E-state index contributed by atoms with van der Waals surface area (Å²) in [6, 6.07) is 0. The lowest BCUT2D eigenvalue weighted by molar-refractivity contribution is -0.132. The van der Waals surface area contributed by atoms with E-state index in [0.717, 1.165) is 12.8 Å². The summed E-state index contributed by atoms with van der Waals surface area (Å²) in [5, 5.41) is 11.0. The number of ether oxygens (including phenoxy) is 1. The zero-order valence-corrected chi connectivity index (χ0v) is 18.7. The predicted molar refractivity (Wildman–Crippen MR) is 118 cm³/mol. The van der Waals surface area contributed by atoms with Gasteiger partial charge in [-0.1, -0.05) is 44.6 Å². The predicted octanol–water partition coefficient (Wildman–Crippen LogP) is 6.26. The normalized spacial score (nSPS) is 35.5. The highest BCUT2D eigenvalue weighted by atomic mass is 16.5. The van der Waals surface area contributed by atoms with Crippen LogP contribution in [-0.4, -0.2) is 17.2 Å². The highest BCUT2D eigenvalue weighted by Gasteiger charge is 2.50. The molecule has 160 valence electrons. The standard InChI is InChI=1S/C26H38O3/c1-17(2)9-7-13-25(5)14-8-10-22-21(25)12-11-18(3)26(22,6)16-23(27)20-15-24(28)29-19(20)4/h10,15,18,21,23,27H,1,4,7-9,11-14,16H2,2-3,5-6H3/t18-,21+,23-,25+,26+/m1/s1. The summed E-state index contributed by atoms with van der Waals surface area (Å²) in [6.45, 7) is 17.1. The van der Waals surface area contributed by atoms with Gasteiger partial charge in [0.15, 0.2) is 0 Å². The zero-order valence-electron chi connectivity index (χ0n) is 18.7. The van der Waals surface area contributed by atoms with Crippen molar-refractivity contribution in [1.29, 1.82) is 0 Å². The van der Waals surface area contributed by atoms with Gasteiger partial charge >= 0.3 is 5.97 Å². The maximum absolute atomic E-state index is 11.6. The summed E-state index contributed by atoms with van der Waals surface area (Å²) in [4.78, 5) is 11.6. The van der Waals surface area contributed by atoms with E-state index in [9.17, 15) is 9.90 Å². The van der Waals surface area contributed by atoms with Crippen LogP contribution in [0.3, 0.4) is 0 Å². The van der Waals surface area contributed by atoms with Crippen LogP contribution in [0.1, 0.15) is 79.1 Å². The molecule has 3 heteroatoms. The molecule has 0 amide bonds. The van der Waals surface area contributed by atoms with Crippen LogP contribution in [-0.2, 0) is 9.53 Å². The molecule has 1 fully saturated rings. The van der Waals surface area contributed by atoms with Crippen LogP contribution >= 0.6 is 0 Å². The lowest BCUT2D eigenvalue weighted by atomic mass is 9.50. The Labute approximate surface area is 176 Å². The molecule has 2 aliphatic carbocycles. The van der Waals surface area contributed by atoms with Crippen LogP contribution in [0.5, 0.6) is 0 Å².